The number of alkyl halides is 3. The second-order valence-corrected chi connectivity index (χ2v) is 6.38. The van der Waals surface area contributed by atoms with E-state index in [1.165, 1.54) is 12.3 Å². The van der Waals surface area contributed by atoms with E-state index < -0.39 is 34.6 Å². The molecule has 0 aliphatic carbocycles. The normalized spacial score (nSPS) is 12.0. The molecule has 0 radical (unpaired) electrons. The van der Waals surface area contributed by atoms with Gasteiger partial charge in [0.2, 0.25) is 5.95 Å². The van der Waals surface area contributed by atoms with Crippen LogP contribution in [0.25, 0.3) is 10.2 Å². The van der Waals surface area contributed by atoms with Gasteiger partial charge >= 0.3 is 12.1 Å². The number of pyridine rings is 1. The van der Waals surface area contributed by atoms with Crippen LogP contribution in [-0.2, 0) is 6.18 Å². The molecule has 3 rings (SSSR count). The van der Waals surface area contributed by atoms with Gasteiger partial charge in [-0.15, -0.1) is 36.2 Å². The summed E-state index contributed by atoms with van der Waals surface area (Å²) in [6, 6.07) is 1.43. The Kier molecular flexibility index (Phi) is 7.52. The van der Waals surface area contributed by atoms with Gasteiger partial charge in [-0.2, -0.15) is 13.2 Å². The molecule has 28 heavy (non-hydrogen) atoms. The van der Waals surface area contributed by atoms with Crippen LogP contribution in [0.2, 0.25) is 0 Å². The first kappa shape index (κ1) is 23.8. The molecule has 0 amide bonds. The fourth-order valence-corrected chi connectivity index (χ4v) is 3.17. The van der Waals surface area contributed by atoms with Crippen molar-refractivity contribution in [2.45, 2.75) is 19.1 Å². The average molecular weight is 459 g/mol. The van der Waals surface area contributed by atoms with Gasteiger partial charge in [0.15, 0.2) is 5.69 Å². The van der Waals surface area contributed by atoms with Crippen molar-refractivity contribution >= 4 is 58.3 Å². The van der Waals surface area contributed by atoms with E-state index >= 15 is 0 Å². The number of carbonyl (C=O) groups is 1. The van der Waals surface area contributed by atoms with Gasteiger partial charge in [0.1, 0.15) is 10.7 Å². The number of fused-ring (bicyclic) bond motifs is 1. The van der Waals surface area contributed by atoms with Crippen molar-refractivity contribution in [3.05, 3.63) is 46.5 Å². The molecule has 2 N–H and O–H groups in total. The number of nitrogens with one attached hydrogen (secondary N) is 1. The van der Waals surface area contributed by atoms with Crippen LogP contribution in [0.4, 0.5) is 23.5 Å². The molecule has 0 unspecified atom stereocenters. The topological polar surface area (TPSA) is 88.0 Å². The summed E-state index contributed by atoms with van der Waals surface area (Å²) >= 11 is 0.267. The lowest BCUT2D eigenvalue weighted by atomic mass is 10.1. The van der Waals surface area contributed by atoms with Crippen LogP contribution < -0.4 is 5.32 Å². The van der Waals surface area contributed by atoms with Crippen LogP contribution in [0.15, 0.2) is 24.5 Å². The number of anilines is 1. The second-order valence-electron chi connectivity index (χ2n) is 5.33. The molecule has 0 aromatic carbocycles. The van der Waals surface area contributed by atoms with Gasteiger partial charge in [0.05, 0.1) is 22.5 Å². The molecule has 3 aromatic heterocycles. The van der Waals surface area contributed by atoms with E-state index in [0.717, 1.165) is 12.3 Å². The van der Waals surface area contributed by atoms with E-state index in [2.05, 4.69) is 20.3 Å². The van der Waals surface area contributed by atoms with Crippen molar-refractivity contribution in [1.82, 2.24) is 15.0 Å². The van der Waals surface area contributed by atoms with Crippen molar-refractivity contribution in [3.63, 3.8) is 0 Å². The number of aromatic carboxylic acids is 1. The Morgan fingerprint density at radius 1 is 1.21 bits per heavy atom. The number of hydrogen-bond donors (Lipinski definition) is 2. The first-order valence-electron chi connectivity index (χ1n) is 7.14. The smallest absolute Gasteiger partial charge is 0.425 e. The van der Waals surface area contributed by atoms with Crippen molar-refractivity contribution in [2.24, 2.45) is 0 Å². The Balaban J connectivity index is 0.00000196. The Hall–Kier alpha value is -2.24. The lowest BCUT2D eigenvalue weighted by molar-refractivity contribution is -0.134. The molecule has 13 heteroatoms. The summed E-state index contributed by atoms with van der Waals surface area (Å²) in [6.45, 7) is 1.62. The molecular formula is C15H12Cl2F4N4O2S. The maximum atomic E-state index is 13.3. The highest BCUT2D eigenvalue weighted by atomic mass is 35.5. The molecule has 0 fully saturated rings. The molecule has 3 aromatic rings. The highest BCUT2D eigenvalue weighted by molar-refractivity contribution is 7.19. The standard InChI is InChI=1S/C15H10F4N4O2S.2ClH/c1-6(7-2-8(16)5-20-4-7)21-14-22-9-3-10(15(17,18)19)26-12(9)11(23-14)13(24)25;;/h2-6H,1H3,(H,24,25)(H,21,22,23);2*1H/t6-;;/m0../s1. The molecule has 0 bridgehead atoms. The van der Waals surface area contributed by atoms with Crippen molar-refractivity contribution < 1.29 is 27.5 Å². The summed E-state index contributed by atoms with van der Waals surface area (Å²) < 4.78 is 51.7. The van der Waals surface area contributed by atoms with E-state index in [4.69, 9.17) is 0 Å². The number of carboxylic acids is 1. The van der Waals surface area contributed by atoms with Gasteiger partial charge in [-0.3, -0.25) is 4.98 Å². The fourth-order valence-electron chi connectivity index (χ4n) is 2.22. The van der Waals surface area contributed by atoms with Crippen LogP contribution in [0, 0.1) is 5.82 Å². The number of halogens is 6. The molecule has 0 spiro atoms. The monoisotopic (exact) mass is 458 g/mol. The number of aromatic nitrogens is 3. The minimum absolute atomic E-state index is 0. The molecule has 152 valence electrons. The van der Waals surface area contributed by atoms with E-state index in [-0.39, 0.29) is 52.3 Å². The summed E-state index contributed by atoms with van der Waals surface area (Å²) in [5, 5.41) is 12.0. The summed E-state index contributed by atoms with van der Waals surface area (Å²) in [5.74, 6) is -2.22. The number of hydrogen-bond acceptors (Lipinski definition) is 6. The zero-order valence-corrected chi connectivity index (χ0v) is 16.3. The summed E-state index contributed by atoms with van der Waals surface area (Å²) in [6.07, 6.45) is -2.20. The largest absolute Gasteiger partial charge is 0.476 e. The van der Waals surface area contributed by atoms with Crippen LogP contribution in [0.3, 0.4) is 0 Å². The zero-order valence-electron chi connectivity index (χ0n) is 13.8. The Morgan fingerprint density at radius 2 is 1.89 bits per heavy atom. The van der Waals surface area contributed by atoms with Crippen LogP contribution in [-0.4, -0.2) is 26.0 Å². The molecule has 0 saturated heterocycles. The molecule has 6 nitrogen and oxygen atoms in total. The predicted molar refractivity (Wildman–Crippen MR) is 100 cm³/mol. The van der Waals surface area contributed by atoms with Gasteiger partial charge in [0, 0.05) is 6.20 Å². The lowest BCUT2D eigenvalue weighted by Gasteiger charge is -2.14. The van der Waals surface area contributed by atoms with Crippen LogP contribution >= 0.6 is 36.2 Å². The predicted octanol–water partition coefficient (Wildman–Crippen LogP) is 4.96. The van der Waals surface area contributed by atoms with E-state index in [9.17, 15) is 27.5 Å². The van der Waals surface area contributed by atoms with Crippen molar-refractivity contribution in [3.8, 4) is 0 Å². The molecule has 0 saturated carbocycles. The highest BCUT2D eigenvalue weighted by Crippen LogP contribution is 2.38. The first-order valence-corrected chi connectivity index (χ1v) is 7.96. The minimum Gasteiger partial charge on any atom is -0.476 e. The SMILES string of the molecule is C[C@H](Nc1nc(C(=O)O)c2sc(C(F)(F)F)cc2n1)c1cncc(F)c1.Cl.Cl. The average Bonchev–Trinajstić information content (AvgIpc) is 2.98. The van der Waals surface area contributed by atoms with E-state index in [0.29, 0.717) is 5.56 Å². The Morgan fingerprint density at radius 3 is 2.46 bits per heavy atom. The van der Waals surface area contributed by atoms with Gasteiger partial charge in [-0.25, -0.2) is 19.2 Å². The Bertz CT molecular complexity index is 1000. The number of rotatable bonds is 4. The summed E-state index contributed by atoms with van der Waals surface area (Å²) in [7, 11) is 0. The van der Waals surface area contributed by atoms with Gasteiger partial charge < -0.3 is 10.4 Å². The third-order valence-electron chi connectivity index (χ3n) is 3.43. The van der Waals surface area contributed by atoms with Crippen LogP contribution in [0.1, 0.15) is 33.9 Å². The second kappa shape index (κ2) is 8.84. The third-order valence-corrected chi connectivity index (χ3v) is 4.60. The molecule has 3 heterocycles. The van der Waals surface area contributed by atoms with Crippen molar-refractivity contribution in [2.75, 3.05) is 5.32 Å². The van der Waals surface area contributed by atoms with Crippen LogP contribution in [0.5, 0.6) is 0 Å². The van der Waals surface area contributed by atoms with Crippen molar-refractivity contribution in [1.29, 1.82) is 0 Å². The lowest BCUT2D eigenvalue weighted by Crippen LogP contribution is -2.12. The maximum absolute atomic E-state index is 13.3. The minimum atomic E-state index is -4.62. The summed E-state index contributed by atoms with van der Waals surface area (Å²) in [5.41, 5.74) is -0.240. The maximum Gasteiger partial charge on any atom is 0.425 e. The van der Waals surface area contributed by atoms with E-state index in [1.807, 2.05) is 0 Å². The quantitative estimate of drug-likeness (QED) is 0.537. The highest BCUT2D eigenvalue weighted by Gasteiger charge is 2.34. The number of nitrogens with zero attached hydrogens (tertiary/aromatic N) is 3. The molecular weight excluding hydrogens is 447 g/mol. The first-order chi connectivity index (χ1) is 12.1. The number of thiophene rings is 1. The third kappa shape index (κ3) is 4.97. The molecule has 0 aliphatic heterocycles. The van der Waals surface area contributed by atoms with Gasteiger partial charge in [0.25, 0.3) is 0 Å². The van der Waals surface area contributed by atoms with E-state index in [1.54, 1.807) is 6.92 Å². The van der Waals surface area contributed by atoms with Gasteiger partial charge in [-0.05, 0) is 24.6 Å². The molecule has 1 atom stereocenters. The fraction of sp³-hybridized carbons (Fsp3) is 0.200. The number of carboxylic acid groups (broad SMARTS) is 1. The Labute approximate surface area is 171 Å². The van der Waals surface area contributed by atoms with Gasteiger partial charge in [-0.1, -0.05) is 0 Å². The molecule has 0 aliphatic rings. The summed E-state index contributed by atoms with van der Waals surface area (Å²) in [4.78, 5) is 21.8. The zero-order chi connectivity index (χ0) is 19.1.